The molecule has 7 atom stereocenters. The zero-order chi connectivity index (χ0) is 22.5. The molecule has 1 amide bonds. The lowest BCUT2D eigenvalue weighted by molar-refractivity contribution is -0.117. The van der Waals surface area contributed by atoms with Crippen LogP contribution in [-0.4, -0.2) is 27.8 Å². The number of carbonyl (C=O) groups excluding carboxylic acids is 1. The highest BCUT2D eigenvalue weighted by molar-refractivity contribution is 6.01. The van der Waals surface area contributed by atoms with Gasteiger partial charge in [-0.15, -0.1) is 0 Å². The Hall–Kier alpha value is -2.01. The molecule has 5 heteroatoms. The molecule has 0 spiro atoms. The predicted molar refractivity (Wildman–Crippen MR) is 126 cm³/mol. The van der Waals surface area contributed by atoms with E-state index in [-0.39, 0.29) is 17.4 Å². The summed E-state index contributed by atoms with van der Waals surface area (Å²) in [7, 11) is 0. The van der Waals surface area contributed by atoms with E-state index in [1.165, 1.54) is 37.7 Å². The number of nitrogens with one attached hydrogen (secondary N) is 1. The Morgan fingerprint density at radius 2 is 1.91 bits per heavy atom. The summed E-state index contributed by atoms with van der Waals surface area (Å²) in [6.07, 6.45) is 14.9. The number of aliphatic hydroxyl groups is 1. The van der Waals surface area contributed by atoms with E-state index in [9.17, 15) is 9.90 Å². The van der Waals surface area contributed by atoms with Gasteiger partial charge in [0.1, 0.15) is 0 Å². The number of aromatic nitrogens is 1. The minimum absolute atomic E-state index is 0.0838. The molecule has 0 bridgehead atoms. The molecule has 0 radical (unpaired) electrons. The molecule has 1 heterocycles. The second-order valence-electron chi connectivity index (χ2n) is 11.3. The molecule has 1 aromatic heterocycles. The summed E-state index contributed by atoms with van der Waals surface area (Å²) in [4.78, 5) is 16.4. The van der Waals surface area contributed by atoms with Crippen molar-refractivity contribution < 1.29 is 9.90 Å². The van der Waals surface area contributed by atoms with E-state index in [0.29, 0.717) is 22.8 Å². The molecule has 1 aromatic rings. The van der Waals surface area contributed by atoms with Crippen LogP contribution in [0.5, 0.6) is 0 Å². The fourth-order valence-corrected chi connectivity index (χ4v) is 8.13. The maximum absolute atomic E-state index is 12.4. The third kappa shape index (κ3) is 3.44. The number of fused-ring (bicyclic) bond motifs is 5. The first-order valence-electron chi connectivity index (χ1n) is 12.5. The first kappa shape index (κ1) is 21.8. The lowest BCUT2D eigenvalue weighted by Gasteiger charge is -2.60. The average Bonchev–Trinajstić information content (AvgIpc) is 3.15. The van der Waals surface area contributed by atoms with Crippen LogP contribution in [0.15, 0.2) is 41.3 Å². The van der Waals surface area contributed by atoms with Gasteiger partial charge in [0, 0.05) is 18.0 Å². The van der Waals surface area contributed by atoms with E-state index in [4.69, 9.17) is 0 Å². The van der Waals surface area contributed by atoms with Gasteiger partial charge in [-0.1, -0.05) is 19.9 Å². The van der Waals surface area contributed by atoms with E-state index < -0.39 is 0 Å². The number of amides is 1. The average molecular weight is 436 g/mol. The van der Waals surface area contributed by atoms with Crippen LogP contribution in [0.25, 0.3) is 0 Å². The highest BCUT2D eigenvalue weighted by Gasteiger charge is 2.58. The highest BCUT2D eigenvalue weighted by Crippen LogP contribution is 2.66. The summed E-state index contributed by atoms with van der Waals surface area (Å²) in [5.74, 6) is 2.71. The number of allylic oxidation sites excluding steroid dienone is 2. The molecule has 3 saturated carbocycles. The van der Waals surface area contributed by atoms with Crippen LogP contribution in [0.2, 0.25) is 0 Å². The van der Waals surface area contributed by atoms with E-state index >= 15 is 0 Å². The van der Waals surface area contributed by atoms with Crippen LogP contribution >= 0.6 is 0 Å². The normalized spacial score (nSPS) is 41.2. The fraction of sp³-hybridized carbons (Fsp3) is 0.667. The Bertz CT molecular complexity index is 941. The van der Waals surface area contributed by atoms with Crippen LogP contribution < -0.4 is 5.43 Å². The van der Waals surface area contributed by atoms with Crippen molar-refractivity contribution in [3.8, 4) is 0 Å². The minimum Gasteiger partial charge on any atom is -0.393 e. The third-order valence-electron chi connectivity index (χ3n) is 9.88. The largest absolute Gasteiger partial charge is 0.393 e. The number of hydrogen-bond acceptors (Lipinski definition) is 4. The van der Waals surface area contributed by atoms with Crippen molar-refractivity contribution in [3.63, 3.8) is 0 Å². The third-order valence-corrected chi connectivity index (χ3v) is 9.88. The Kier molecular flexibility index (Phi) is 5.51. The zero-order valence-electron chi connectivity index (χ0n) is 19.7. The number of hydrogen-bond donors (Lipinski definition) is 2. The van der Waals surface area contributed by atoms with Crippen molar-refractivity contribution in [1.82, 2.24) is 10.4 Å². The summed E-state index contributed by atoms with van der Waals surface area (Å²) in [6.45, 7) is 7.02. The van der Waals surface area contributed by atoms with Gasteiger partial charge in [0.05, 0.1) is 11.8 Å². The van der Waals surface area contributed by atoms with Crippen LogP contribution in [0.4, 0.5) is 0 Å². The minimum atomic E-state index is -0.193. The molecular formula is C27H37N3O2. The summed E-state index contributed by atoms with van der Waals surface area (Å²) in [6, 6.07) is 3.41. The van der Waals surface area contributed by atoms with Gasteiger partial charge in [0.2, 0.25) is 0 Å². The van der Waals surface area contributed by atoms with Gasteiger partial charge in [-0.3, -0.25) is 9.78 Å². The second-order valence-corrected chi connectivity index (χ2v) is 11.3. The van der Waals surface area contributed by atoms with Crippen molar-refractivity contribution in [3.05, 3.63) is 41.7 Å². The number of aliphatic hydroxyl groups excluding tert-OH is 1. The van der Waals surface area contributed by atoms with Gasteiger partial charge in [-0.05, 0) is 110 Å². The van der Waals surface area contributed by atoms with Crippen LogP contribution in [0.3, 0.4) is 0 Å². The lowest BCUT2D eigenvalue weighted by atomic mass is 9.44. The standard InChI is InChI=1S/C27H37N3O2/c1-17(29-30-25(32)18-10-14-28-15-11-18)22-6-7-23-21-5-4-19-16-20(31)8-12-26(19,2)24(21)9-13-27(22,23)3/h6,10-11,14-15,19-21,23-24,31H,4-5,7-9,12-13,16H2,1-3H3,(H,30,32)/b29-17+/t19-,20+,21+,23+,24+,26-,27+/m0/s1. The molecule has 0 unspecified atom stereocenters. The summed E-state index contributed by atoms with van der Waals surface area (Å²) in [5, 5.41) is 14.8. The Morgan fingerprint density at radius 1 is 1.12 bits per heavy atom. The lowest BCUT2D eigenvalue weighted by Crippen LogP contribution is -2.53. The van der Waals surface area contributed by atoms with Crippen LogP contribution in [0, 0.1) is 34.5 Å². The molecule has 0 aliphatic heterocycles. The van der Waals surface area contributed by atoms with Crippen molar-refractivity contribution in [1.29, 1.82) is 0 Å². The maximum Gasteiger partial charge on any atom is 0.271 e. The van der Waals surface area contributed by atoms with Gasteiger partial charge >= 0.3 is 0 Å². The molecule has 172 valence electrons. The molecule has 0 aromatic carbocycles. The van der Waals surface area contributed by atoms with Crippen molar-refractivity contribution >= 4 is 11.6 Å². The number of nitrogens with zero attached hydrogens (tertiary/aromatic N) is 2. The number of pyridine rings is 1. The monoisotopic (exact) mass is 435 g/mol. The summed E-state index contributed by atoms with van der Waals surface area (Å²) < 4.78 is 0. The SMILES string of the molecule is C/C(=N\NC(=O)c1ccncc1)C1=CC[C@@H]2[C@H]3CC[C@H]4C[C@H](O)CC[C@]4(C)[C@@H]3CC[C@]12C. The Labute approximate surface area is 191 Å². The number of rotatable bonds is 3. The maximum atomic E-state index is 12.4. The van der Waals surface area contributed by atoms with Crippen LogP contribution in [-0.2, 0) is 0 Å². The highest BCUT2D eigenvalue weighted by atomic mass is 16.3. The molecule has 5 rings (SSSR count). The molecule has 2 N–H and O–H groups in total. The smallest absolute Gasteiger partial charge is 0.271 e. The van der Waals surface area contributed by atoms with Gasteiger partial charge in [0.25, 0.3) is 5.91 Å². The van der Waals surface area contributed by atoms with E-state index in [2.05, 4.69) is 35.4 Å². The molecular weight excluding hydrogens is 398 g/mol. The molecule has 32 heavy (non-hydrogen) atoms. The fourth-order valence-electron chi connectivity index (χ4n) is 8.13. The van der Waals surface area contributed by atoms with Crippen molar-refractivity contribution in [2.45, 2.75) is 78.2 Å². The van der Waals surface area contributed by atoms with Gasteiger partial charge in [-0.2, -0.15) is 5.10 Å². The molecule has 3 fully saturated rings. The van der Waals surface area contributed by atoms with E-state index in [1.54, 1.807) is 24.5 Å². The molecule has 4 aliphatic carbocycles. The zero-order valence-corrected chi connectivity index (χ0v) is 19.7. The van der Waals surface area contributed by atoms with E-state index in [1.807, 2.05) is 6.92 Å². The Balaban J connectivity index is 1.32. The first-order chi connectivity index (χ1) is 15.3. The molecule has 5 nitrogen and oxygen atoms in total. The summed E-state index contributed by atoms with van der Waals surface area (Å²) >= 11 is 0. The predicted octanol–water partition coefficient (Wildman–Crippen LogP) is 5.13. The quantitative estimate of drug-likeness (QED) is 0.511. The first-order valence-corrected chi connectivity index (χ1v) is 12.5. The topological polar surface area (TPSA) is 74.6 Å². The van der Waals surface area contributed by atoms with E-state index in [0.717, 1.165) is 36.8 Å². The van der Waals surface area contributed by atoms with Crippen LogP contribution in [0.1, 0.15) is 82.5 Å². The van der Waals surface area contributed by atoms with Gasteiger partial charge in [-0.25, -0.2) is 5.43 Å². The number of carbonyl (C=O) groups is 1. The molecule has 0 saturated heterocycles. The number of hydrazone groups is 1. The van der Waals surface area contributed by atoms with Gasteiger partial charge < -0.3 is 5.11 Å². The molecule has 4 aliphatic rings. The summed E-state index contributed by atoms with van der Waals surface area (Å²) in [5.41, 5.74) is 6.14. The van der Waals surface area contributed by atoms with Gasteiger partial charge in [0.15, 0.2) is 0 Å². The van der Waals surface area contributed by atoms with Crippen molar-refractivity contribution in [2.24, 2.45) is 39.6 Å². The second kappa shape index (κ2) is 8.09. The Morgan fingerprint density at radius 3 is 2.69 bits per heavy atom. The van der Waals surface area contributed by atoms with Crippen molar-refractivity contribution in [2.75, 3.05) is 0 Å².